The number of aldehydes is 1. The number of carbonyl (C=O) groups excluding carboxylic acids is 1. The number of ether oxygens (including phenoxy) is 1. The second-order valence-corrected chi connectivity index (χ2v) is 5.19. The molecule has 2 aromatic rings. The molecule has 4 nitrogen and oxygen atoms in total. The van der Waals surface area contributed by atoms with Crippen molar-refractivity contribution in [2.75, 3.05) is 20.2 Å². The van der Waals surface area contributed by atoms with E-state index in [2.05, 4.69) is 26.2 Å². The van der Waals surface area contributed by atoms with Crippen LogP contribution in [0.5, 0.6) is 5.75 Å². The third kappa shape index (κ3) is 7.80. The van der Waals surface area contributed by atoms with Gasteiger partial charge in [-0.3, -0.25) is 4.79 Å². The van der Waals surface area contributed by atoms with E-state index in [1.807, 2.05) is 19.2 Å². The maximum absolute atomic E-state index is 10.1. The van der Waals surface area contributed by atoms with Crippen molar-refractivity contribution in [1.82, 2.24) is 10.3 Å². The molecule has 2 rings (SSSR count). The maximum Gasteiger partial charge on any atom is 0.150 e. The molecule has 21 heavy (non-hydrogen) atoms. The average Bonchev–Trinajstić information content (AvgIpc) is 2.51. The van der Waals surface area contributed by atoms with Crippen molar-refractivity contribution < 1.29 is 9.53 Å². The summed E-state index contributed by atoms with van der Waals surface area (Å²) in [5.41, 5.74) is 0.652. The first-order chi connectivity index (χ1) is 10.2. The highest BCUT2D eigenvalue weighted by Gasteiger charge is 1.92. The van der Waals surface area contributed by atoms with Crippen molar-refractivity contribution >= 4 is 33.8 Å². The number of nitrogens with zero attached hydrogens (tertiary/aromatic N) is 1. The van der Waals surface area contributed by atoms with Gasteiger partial charge in [0, 0.05) is 17.1 Å². The number of benzene rings is 1. The van der Waals surface area contributed by atoms with E-state index in [0.29, 0.717) is 17.2 Å². The lowest BCUT2D eigenvalue weighted by Gasteiger charge is -2.04. The summed E-state index contributed by atoms with van der Waals surface area (Å²) in [6, 6.07) is 10.5. The van der Waals surface area contributed by atoms with Gasteiger partial charge in [0.05, 0.1) is 6.20 Å². The van der Waals surface area contributed by atoms with E-state index >= 15 is 0 Å². The van der Waals surface area contributed by atoms with E-state index in [9.17, 15) is 4.79 Å². The highest BCUT2D eigenvalue weighted by atomic mass is 79.9. The van der Waals surface area contributed by atoms with Crippen LogP contribution in [0.4, 0.5) is 0 Å². The number of likely N-dealkylation sites (N-methyl/N-ethyl adjacent to an activating group) is 1. The van der Waals surface area contributed by atoms with Crippen LogP contribution in [0.1, 0.15) is 10.4 Å². The van der Waals surface area contributed by atoms with Gasteiger partial charge < -0.3 is 10.1 Å². The van der Waals surface area contributed by atoms with Crippen LogP contribution in [0.15, 0.2) is 47.2 Å². The Bertz CT molecular complexity index is 532. The van der Waals surface area contributed by atoms with Gasteiger partial charge in [-0.05, 0) is 47.2 Å². The zero-order chi connectivity index (χ0) is 15.5. The maximum atomic E-state index is 10.1. The first-order valence-electron chi connectivity index (χ1n) is 6.25. The molecule has 0 aliphatic rings. The molecule has 0 saturated heterocycles. The van der Waals surface area contributed by atoms with Crippen molar-refractivity contribution in [2.24, 2.45) is 0 Å². The number of halogens is 2. The third-order valence-electron chi connectivity index (χ3n) is 2.33. The van der Waals surface area contributed by atoms with Crippen LogP contribution < -0.4 is 10.1 Å². The minimum atomic E-state index is 0.652. The van der Waals surface area contributed by atoms with E-state index in [4.69, 9.17) is 16.3 Å². The fraction of sp³-hybridized carbons (Fsp3) is 0.200. The molecule has 0 saturated carbocycles. The Morgan fingerprint density at radius 3 is 2.52 bits per heavy atom. The first-order valence-corrected chi connectivity index (χ1v) is 7.42. The van der Waals surface area contributed by atoms with Gasteiger partial charge in [0.2, 0.25) is 0 Å². The largest absolute Gasteiger partial charge is 0.491 e. The monoisotopic (exact) mass is 370 g/mol. The number of nitrogens with one attached hydrogen (secondary N) is 1. The second kappa shape index (κ2) is 10.3. The highest BCUT2D eigenvalue weighted by molar-refractivity contribution is 9.10. The van der Waals surface area contributed by atoms with Gasteiger partial charge in [-0.15, -0.1) is 0 Å². The van der Waals surface area contributed by atoms with Crippen molar-refractivity contribution in [1.29, 1.82) is 0 Å². The summed E-state index contributed by atoms with van der Waals surface area (Å²) >= 11 is 8.80. The van der Waals surface area contributed by atoms with Crippen LogP contribution >= 0.6 is 27.5 Å². The Kier molecular flexibility index (Phi) is 8.66. The van der Waals surface area contributed by atoms with E-state index in [-0.39, 0.29) is 0 Å². The molecule has 0 aliphatic carbocycles. The molecule has 6 heteroatoms. The van der Waals surface area contributed by atoms with Gasteiger partial charge in [-0.2, -0.15) is 0 Å². The highest BCUT2D eigenvalue weighted by Crippen LogP contribution is 2.12. The van der Waals surface area contributed by atoms with Crippen molar-refractivity contribution in [3.63, 3.8) is 0 Å². The van der Waals surface area contributed by atoms with Crippen LogP contribution in [0.25, 0.3) is 0 Å². The molecule has 1 aromatic carbocycles. The van der Waals surface area contributed by atoms with E-state index in [1.165, 1.54) is 0 Å². The summed E-state index contributed by atoms with van der Waals surface area (Å²) in [5, 5.41) is 3.65. The van der Waals surface area contributed by atoms with Gasteiger partial charge >= 0.3 is 0 Å². The topological polar surface area (TPSA) is 51.2 Å². The summed E-state index contributed by atoms with van der Waals surface area (Å²) in [5.74, 6) is 0.799. The van der Waals surface area contributed by atoms with Crippen LogP contribution in [0, 0.1) is 0 Å². The lowest BCUT2D eigenvalue weighted by Crippen LogP contribution is -2.15. The molecular formula is C15H16BrClN2O2. The number of pyridine rings is 1. The lowest BCUT2D eigenvalue weighted by molar-refractivity contribution is 0.112. The van der Waals surface area contributed by atoms with Crippen LogP contribution in [0.2, 0.25) is 5.02 Å². The van der Waals surface area contributed by atoms with Crippen molar-refractivity contribution in [2.45, 2.75) is 0 Å². The van der Waals surface area contributed by atoms with Gasteiger partial charge in [0.15, 0.2) is 0 Å². The standard InChI is InChI=1S/C8H11BrN2O.C7H5ClO/c1-10-4-5-12-7-2-3-8(9)11-6-7;8-7-3-1-6(5-9)2-4-7/h2-3,6,10H,4-5H2,1H3;1-5H. The number of aromatic nitrogens is 1. The second-order valence-electron chi connectivity index (χ2n) is 3.94. The Labute approximate surface area is 137 Å². The Morgan fingerprint density at radius 2 is 2.00 bits per heavy atom. The molecule has 0 radical (unpaired) electrons. The number of rotatable bonds is 5. The average molecular weight is 372 g/mol. The van der Waals surface area contributed by atoms with Crippen LogP contribution in [-0.4, -0.2) is 31.5 Å². The molecular weight excluding hydrogens is 356 g/mol. The number of hydrogen-bond donors (Lipinski definition) is 1. The fourth-order valence-corrected chi connectivity index (χ4v) is 1.62. The van der Waals surface area contributed by atoms with E-state index < -0.39 is 0 Å². The van der Waals surface area contributed by atoms with E-state index in [1.54, 1.807) is 30.5 Å². The third-order valence-corrected chi connectivity index (χ3v) is 3.05. The summed E-state index contributed by atoms with van der Waals surface area (Å²) in [6.45, 7) is 1.51. The van der Waals surface area contributed by atoms with Gasteiger partial charge in [0.1, 0.15) is 23.2 Å². The van der Waals surface area contributed by atoms with Crippen molar-refractivity contribution in [3.05, 3.63) is 57.8 Å². The molecule has 0 bridgehead atoms. The molecule has 1 aromatic heterocycles. The number of carbonyl (C=O) groups is 1. The van der Waals surface area contributed by atoms with E-state index in [0.717, 1.165) is 23.2 Å². The van der Waals surface area contributed by atoms with Crippen LogP contribution in [-0.2, 0) is 0 Å². The Morgan fingerprint density at radius 1 is 1.29 bits per heavy atom. The molecule has 0 amide bonds. The molecule has 1 heterocycles. The summed E-state index contributed by atoms with van der Waals surface area (Å²) in [4.78, 5) is 14.1. The first kappa shape index (κ1) is 17.6. The predicted molar refractivity (Wildman–Crippen MR) is 88.2 cm³/mol. The summed E-state index contributed by atoms with van der Waals surface area (Å²) in [7, 11) is 1.89. The van der Waals surface area contributed by atoms with Gasteiger partial charge in [-0.25, -0.2) is 4.98 Å². The summed E-state index contributed by atoms with van der Waals surface area (Å²) < 4.78 is 6.18. The molecule has 0 spiro atoms. The lowest BCUT2D eigenvalue weighted by atomic mass is 10.2. The summed E-state index contributed by atoms with van der Waals surface area (Å²) in [6.07, 6.45) is 2.48. The molecule has 0 atom stereocenters. The fourth-order valence-electron chi connectivity index (χ4n) is 1.26. The normalized spacial score (nSPS) is 9.48. The Balaban J connectivity index is 0.000000219. The molecule has 112 valence electrons. The quantitative estimate of drug-likeness (QED) is 0.496. The Hall–Kier alpha value is -1.43. The van der Waals surface area contributed by atoms with Gasteiger partial charge in [-0.1, -0.05) is 23.7 Å². The molecule has 0 aliphatic heterocycles. The SMILES string of the molecule is CNCCOc1ccc(Br)nc1.O=Cc1ccc(Cl)cc1. The number of hydrogen-bond acceptors (Lipinski definition) is 4. The molecule has 1 N–H and O–H groups in total. The molecule has 0 fully saturated rings. The van der Waals surface area contributed by atoms with Crippen molar-refractivity contribution in [3.8, 4) is 5.75 Å². The predicted octanol–water partition coefficient (Wildman–Crippen LogP) is 3.59. The minimum absolute atomic E-state index is 0.652. The zero-order valence-corrected chi connectivity index (χ0v) is 13.9. The van der Waals surface area contributed by atoms with Gasteiger partial charge in [0.25, 0.3) is 0 Å². The zero-order valence-electron chi connectivity index (χ0n) is 11.6. The smallest absolute Gasteiger partial charge is 0.150 e. The minimum Gasteiger partial charge on any atom is -0.491 e. The van der Waals surface area contributed by atoms with Crippen LogP contribution in [0.3, 0.4) is 0 Å². The molecule has 0 unspecified atom stereocenters.